The molecule has 0 radical (unpaired) electrons. The summed E-state index contributed by atoms with van der Waals surface area (Å²) in [6, 6.07) is 4.07. The Morgan fingerprint density at radius 2 is 1.96 bits per heavy atom. The molecular formula is C19H31F2IN4O. The number of guanidine groups is 1. The number of hydrogen-bond acceptors (Lipinski definition) is 3. The van der Waals surface area contributed by atoms with E-state index in [4.69, 9.17) is 4.74 Å². The number of nitrogens with zero attached hydrogens (tertiary/aromatic N) is 2. The monoisotopic (exact) mass is 496 g/mol. The fraction of sp³-hybridized carbons (Fsp3) is 0.632. The molecule has 1 aromatic rings. The van der Waals surface area contributed by atoms with Gasteiger partial charge in [-0.3, -0.25) is 4.99 Å². The third-order valence-electron chi connectivity index (χ3n) is 4.41. The van der Waals surface area contributed by atoms with E-state index in [-0.39, 0.29) is 35.7 Å². The van der Waals surface area contributed by atoms with E-state index in [1.807, 2.05) is 0 Å². The Labute approximate surface area is 178 Å². The first kappa shape index (κ1) is 23.9. The van der Waals surface area contributed by atoms with Gasteiger partial charge in [0.2, 0.25) is 0 Å². The van der Waals surface area contributed by atoms with E-state index < -0.39 is 11.6 Å². The normalized spacial score (nSPS) is 17.0. The molecule has 1 atom stereocenters. The van der Waals surface area contributed by atoms with Gasteiger partial charge in [-0.05, 0) is 31.4 Å². The maximum absolute atomic E-state index is 13.9. The number of unbranched alkanes of at least 4 members (excludes halogenated alkanes) is 1. The van der Waals surface area contributed by atoms with Gasteiger partial charge in [-0.1, -0.05) is 19.4 Å². The Hall–Kier alpha value is -1.16. The summed E-state index contributed by atoms with van der Waals surface area (Å²) in [6.45, 7) is 5.60. The van der Waals surface area contributed by atoms with Crippen molar-refractivity contribution in [2.75, 3.05) is 44.8 Å². The van der Waals surface area contributed by atoms with E-state index in [1.54, 1.807) is 11.9 Å². The lowest BCUT2D eigenvalue weighted by Crippen LogP contribution is -2.45. The molecule has 1 unspecified atom stereocenters. The van der Waals surface area contributed by atoms with Gasteiger partial charge in [0.1, 0.15) is 17.3 Å². The molecular weight excluding hydrogens is 465 g/mol. The summed E-state index contributed by atoms with van der Waals surface area (Å²) in [5.74, 6) is -0.327. The average Bonchev–Trinajstić information content (AvgIpc) is 3.08. The molecule has 0 aromatic heterocycles. The van der Waals surface area contributed by atoms with Crippen molar-refractivity contribution in [2.24, 2.45) is 4.99 Å². The summed E-state index contributed by atoms with van der Waals surface area (Å²) < 4.78 is 33.4. The van der Waals surface area contributed by atoms with Crippen molar-refractivity contribution in [3.05, 3.63) is 29.8 Å². The predicted octanol–water partition coefficient (Wildman–Crippen LogP) is 3.53. The summed E-state index contributed by atoms with van der Waals surface area (Å²) in [7, 11) is 1.72. The molecule has 1 saturated heterocycles. The predicted molar refractivity (Wildman–Crippen MR) is 117 cm³/mol. The second-order valence-corrected chi connectivity index (χ2v) is 6.46. The van der Waals surface area contributed by atoms with E-state index in [0.717, 1.165) is 45.4 Å². The molecule has 0 saturated carbocycles. The lowest BCUT2D eigenvalue weighted by atomic mass is 10.2. The zero-order valence-electron chi connectivity index (χ0n) is 16.1. The Bertz CT molecular complexity index is 569. The largest absolute Gasteiger partial charge is 0.381 e. The smallest absolute Gasteiger partial charge is 0.191 e. The quantitative estimate of drug-likeness (QED) is 0.238. The standard InChI is InChI=1S/C19H30F2N4O.HI/c1-3-4-12-26-13-6-10-23-19(22-2)24-15-9-11-25(14-15)18-16(20)7-5-8-17(18)21;/h5,7-8,15H,3-4,6,9-14H2,1-2H3,(H2,22,23,24);1H. The molecule has 1 aromatic carbocycles. The maximum atomic E-state index is 13.9. The van der Waals surface area contributed by atoms with Crippen LogP contribution in [0.1, 0.15) is 32.6 Å². The number of anilines is 1. The minimum Gasteiger partial charge on any atom is -0.381 e. The van der Waals surface area contributed by atoms with Crippen LogP contribution in [0.25, 0.3) is 0 Å². The van der Waals surface area contributed by atoms with Gasteiger partial charge in [-0.15, -0.1) is 24.0 Å². The zero-order chi connectivity index (χ0) is 18.8. The van der Waals surface area contributed by atoms with Crippen LogP contribution in [-0.2, 0) is 4.74 Å². The molecule has 154 valence electrons. The molecule has 2 N–H and O–H groups in total. The number of ether oxygens (including phenoxy) is 1. The Kier molecular flexibility index (Phi) is 11.6. The molecule has 0 spiro atoms. The van der Waals surface area contributed by atoms with Crippen molar-refractivity contribution >= 4 is 35.6 Å². The third-order valence-corrected chi connectivity index (χ3v) is 4.41. The van der Waals surface area contributed by atoms with Crippen LogP contribution in [0, 0.1) is 11.6 Å². The van der Waals surface area contributed by atoms with Gasteiger partial charge in [0.05, 0.1) is 0 Å². The fourth-order valence-electron chi connectivity index (χ4n) is 2.99. The van der Waals surface area contributed by atoms with Gasteiger partial charge < -0.3 is 20.3 Å². The van der Waals surface area contributed by atoms with Crippen molar-refractivity contribution in [3.63, 3.8) is 0 Å². The molecule has 27 heavy (non-hydrogen) atoms. The number of nitrogens with one attached hydrogen (secondary N) is 2. The van der Waals surface area contributed by atoms with Gasteiger partial charge in [0.25, 0.3) is 0 Å². The molecule has 1 fully saturated rings. The molecule has 0 aliphatic carbocycles. The molecule has 8 heteroatoms. The van der Waals surface area contributed by atoms with Crippen LogP contribution in [0.4, 0.5) is 14.5 Å². The van der Waals surface area contributed by atoms with E-state index in [0.29, 0.717) is 19.0 Å². The summed E-state index contributed by atoms with van der Waals surface area (Å²) in [5.41, 5.74) is 0.0592. The number of hydrogen-bond donors (Lipinski definition) is 2. The maximum Gasteiger partial charge on any atom is 0.191 e. The van der Waals surface area contributed by atoms with Crippen LogP contribution in [0.15, 0.2) is 23.2 Å². The summed E-state index contributed by atoms with van der Waals surface area (Å²) in [5, 5.41) is 6.58. The fourth-order valence-corrected chi connectivity index (χ4v) is 2.99. The highest BCUT2D eigenvalue weighted by Crippen LogP contribution is 2.26. The third kappa shape index (κ3) is 7.77. The molecule has 0 amide bonds. The highest BCUT2D eigenvalue weighted by Gasteiger charge is 2.27. The minimum atomic E-state index is -0.517. The van der Waals surface area contributed by atoms with Crippen LogP contribution < -0.4 is 15.5 Å². The van der Waals surface area contributed by atoms with E-state index >= 15 is 0 Å². The van der Waals surface area contributed by atoms with Crippen molar-refractivity contribution in [1.82, 2.24) is 10.6 Å². The van der Waals surface area contributed by atoms with Crippen LogP contribution in [-0.4, -0.2) is 51.9 Å². The Morgan fingerprint density at radius 1 is 1.26 bits per heavy atom. The minimum absolute atomic E-state index is 0. The van der Waals surface area contributed by atoms with Gasteiger partial charge >= 0.3 is 0 Å². The molecule has 2 rings (SSSR count). The van der Waals surface area contributed by atoms with Crippen LogP contribution in [0.5, 0.6) is 0 Å². The van der Waals surface area contributed by atoms with Crippen molar-refractivity contribution in [1.29, 1.82) is 0 Å². The number of aliphatic imine (C=N–C) groups is 1. The summed E-state index contributed by atoms with van der Waals surface area (Å²) >= 11 is 0. The van der Waals surface area contributed by atoms with Gasteiger partial charge in [0, 0.05) is 45.9 Å². The van der Waals surface area contributed by atoms with Gasteiger partial charge in [-0.2, -0.15) is 0 Å². The van der Waals surface area contributed by atoms with Crippen molar-refractivity contribution < 1.29 is 13.5 Å². The van der Waals surface area contributed by atoms with Crippen LogP contribution in [0.2, 0.25) is 0 Å². The first-order valence-electron chi connectivity index (χ1n) is 9.39. The molecule has 1 heterocycles. The van der Waals surface area contributed by atoms with Crippen molar-refractivity contribution in [2.45, 2.75) is 38.6 Å². The zero-order valence-corrected chi connectivity index (χ0v) is 18.5. The van der Waals surface area contributed by atoms with Crippen LogP contribution >= 0.6 is 24.0 Å². The highest BCUT2D eigenvalue weighted by atomic mass is 127. The van der Waals surface area contributed by atoms with E-state index in [1.165, 1.54) is 18.2 Å². The van der Waals surface area contributed by atoms with Crippen LogP contribution in [0.3, 0.4) is 0 Å². The Morgan fingerprint density at radius 3 is 2.63 bits per heavy atom. The van der Waals surface area contributed by atoms with Gasteiger partial charge in [0.15, 0.2) is 5.96 Å². The number of halogens is 3. The number of para-hydroxylation sites is 1. The number of rotatable bonds is 9. The van der Waals surface area contributed by atoms with Crippen molar-refractivity contribution in [3.8, 4) is 0 Å². The highest BCUT2D eigenvalue weighted by molar-refractivity contribution is 14.0. The second kappa shape index (κ2) is 13.1. The van der Waals surface area contributed by atoms with E-state index in [2.05, 4.69) is 22.5 Å². The SMILES string of the molecule is CCCCOCCCNC(=NC)NC1CCN(c2c(F)cccc2F)C1.I. The summed E-state index contributed by atoms with van der Waals surface area (Å²) in [6.07, 6.45) is 3.94. The van der Waals surface area contributed by atoms with E-state index in [9.17, 15) is 8.78 Å². The molecule has 0 bridgehead atoms. The van der Waals surface area contributed by atoms with Gasteiger partial charge in [-0.25, -0.2) is 8.78 Å². The molecule has 5 nitrogen and oxygen atoms in total. The molecule has 1 aliphatic heterocycles. The first-order valence-corrected chi connectivity index (χ1v) is 9.39. The molecule has 1 aliphatic rings. The average molecular weight is 496 g/mol. The lowest BCUT2D eigenvalue weighted by molar-refractivity contribution is 0.129. The first-order chi connectivity index (χ1) is 12.7. The Balaban J connectivity index is 0.00000364. The number of benzene rings is 1. The topological polar surface area (TPSA) is 48.9 Å². The second-order valence-electron chi connectivity index (χ2n) is 6.46. The summed E-state index contributed by atoms with van der Waals surface area (Å²) in [4.78, 5) is 5.97. The lowest BCUT2D eigenvalue weighted by Gasteiger charge is -2.21.